The molecule has 0 aliphatic heterocycles. The van der Waals surface area contributed by atoms with Crippen LogP contribution in [-0.4, -0.2) is 27.7 Å². The minimum absolute atomic E-state index is 0.0824. The highest BCUT2D eigenvalue weighted by molar-refractivity contribution is 6.07. The summed E-state index contributed by atoms with van der Waals surface area (Å²) < 4.78 is 13.2. The number of benzene rings is 2. The predicted molar refractivity (Wildman–Crippen MR) is 120 cm³/mol. The van der Waals surface area contributed by atoms with Crippen LogP contribution in [0.2, 0.25) is 0 Å². The SMILES string of the molecule is COc1ccc(/C=C/C(=O)c2cn(C)nc2C)cc1COc1cccc2cccnc12. The Morgan fingerprint density at radius 1 is 1.13 bits per heavy atom. The fourth-order valence-electron chi connectivity index (χ4n) is 3.47. The standard InChI is InChI=1S/C25H23N3O3/c1-17-21(15-28(2)27-17)22(29)11-9-18-10-12-23(30-3)20(14-18)16-31-24-8-4-6-19-7-5-13-26-25(19)24/h4-15H,16H2,1-3H3/b11-9+. The summed E-state index contributed by atoms with van der Waals surface area (Å²) in [4.78, 5) is 16.9. The third kappa shape index (κ3) is 4.48. The van der Waals surface area contributed by atoms with Crippen molar-refractivity contribution in [2.45, 2.75) is 13.5 Å². The maximum Gasteiger partial charge on any atom is 0.189 e. The first kappa shape index (κ1) is 20.3. The van der Waals surface area contributed by atoms with Gasteiger partial charge in [-0.15, -0.1) is 0 Å². The molecule has 2 aromatic carbocycles. The Labute approximate surface area is 180 Å². The molecule has 6 nitrogen and oxygen atoms in total. The molecular formula is C25H23N3O3. The van der Waals surface area contributed by atoms with Gasteiger partial charge in [-0.2, -0.15) is 5.10 Å². The van der Waals surface area contributed by atoms with Crippen LogP contribution in [0.25, 0.3) is 17.0 Å². The smallest absolute Gasteiger partial charge is 0.189 e. The Bertz CT molecular complexity index is 1270. The van der Waals surface area contributed by atoms with Crippen molar-refractivity contribution in [2.24, 2.45) is 7.05 Å². The van der Waals surface area contributed by atoms with Crippen molar-refractivity contribution in [1.29, 1.82) is 0 Å². The number of hydrogen-bond acceptors (Lipinski definition) is 5. The Balaban J connectivity index is 1.55. The molecule has 0 unspecified atom stereocenters. The summed E-state index contributed by atoms with van der Waals surface area (Å²) in [5, 5.41) is 5.24. The number of pyridine rings is 1. The first-order chi connectivity index (χ1) is 15.0. The van der Waals surface area contributed by atoms with Crippen molar-refractivity contribution in [2.75, 3.05) is 7.11 Å². The van der Waals surface area contributed by atoms with Gasteiger partial charge in [0.25, 0.3) is 0 Å². The fourth-order valence-corrected chi connectivity index (χ4v) is 3.47. The Morgan fingerprint density at radius 3 is 2.74 bits per heavy atom. The largest absolute Gasteiger partial charge is 0.496 e. The predicted octanol–water partition coefficient (Wildman–Crippen LogP) is 4.76. The number of rotatable bonds is 7. The lowest BCUT2D eigenvalue weighted by Crippen LogP contribution is -2.00. The molecule has 0 saturated heterocycles. The summed E-state index contributed by atoms with van der Waals surface area (Å²) in [5.74, 6) is 1.35. The topological polar surface area (TPSA) is 66.2 Å². The lowest BCUT2D eigenvalue weighted by molar-refractivity contribution is 0.104. The van der Waals surface area contributed by atoms with Gasteiger partial charge in [0.05, 0.1) is 18.4 Å². The highest BCUT2D eigenvalue weighted by Crippen LogP contribution is 2.27. The summed E-state index contributed by atoms with van der Waals surface area (Å²) >= 11 is 0. The van der Waals surface area contributed by atoms with Crippen LogP contribution in [0.4, 0.5) is 0 Å². The molecule has 2 heterocycles. The summed E-state index contributed by atoms with van der Waals surface area (Å²) in [5.41, 5.74) is 3.88. The summed E-state index contributed by atoms with van der Waals surface area (Å²) in [7, 11) is 3.43. The summed E-state index contributed by atoms with van der Waals surface area (Å²) in [6.45, 7) is 2.14. The molecule has 0 aliphatic carbocycles. The molecule has 4 aromatic rings. The van der Waals surface area contributed by atoms with Crippen LogP contribution >= 0.6 is 0 Å². The molecule has 0 atom stereocenters. The number of hydrogen-bond donors (Lipinski definition) is 0. The van der Waals surface area contributed by atoms with Gasteiger partial charge in [0.15, 0.2) is 5.78 Å². The van der Waals surface area contributed by atoms with Crippen LogP contribution in [0.5, 0.6) is 11.5 Å². The first-order valence-corrected chi connectivity index (χ1v) is 9.91. The lowest BCUT2D eigenvalue weighted by atomic mass is 10.1. The second-order valence-electron chi connectivity index (χ2n) is 7.19. The average molecular weight is 413 g/mol. The highest BCUT2D eigenvalue weighted by Gasteiger charge is 2.10. The van der Waals surface area contributed by atoms with E-state index in [9.17, 15) is 4.79 Å². The third-order valence-electron chi connectivity index (χ3n) is 4.99. The molecule has 0 fully saturated rings. The van der Waals surface area contributed by atoms with Crippen LogP contribution in [-0.2, 0) is 13.7 Å². The number of ether oxygens (including phenoxy) is 2. The van der Waals surface area contributed by atoms with Crippen LogP contribution in [0.3, 0.4) is 0 Å². The van der Waals surface area contributed by atoms with Gasteiger partial charge in [-0.3, -0.25) is 14.5 Å². The van der Waals surface area contributed by atoms with Crippen LogP contribution in [0, 0.1) is 6.92 Å². The first-order valence-electron chi connectivity index (χ1n) is 9.91. The van der Waals surface area contributed by atoms with Crippen molar-refractivity contribution >= 4 is 22.8 Å². The average Bonchev–Trinajstić information content (AvgIpc) is 3.14. The molecule has 156 valence electrons. The number of ketones is 1. The maximum atomic E-state index is 12.5. The van der Waals surface area contributed by atoms with Crippen LogP contribution in [0.1, 0.15) is 27.2 Å². The number of carbonyl (C=O) groups excluding carboxylic acids is 1. The molecule has 31 heavy (non-hydrogen) atoms. The number of aromatic nitrogens is 3. The van der Waals surface area contributed by atoms with Crippen molar-refractivity contribution in [1.82, 2.24) is 14.8 Å². The summed E-state index contributed by atoms with van der Waals surface area (Å²) in [6, 6.07) is 15.5. The van der Waals surface area contributed by atoms with E-state index < -0.39 is 0 Å². The molecule has 6 heteroatoms. The Morgan fingerprint density at radius 2 is 1.97 bits per heavy atom. The molecule has 0 spiro atoms. The van der Waals surface area contributed by atoms with Gasteiger partial charge in [0.1, 0.15) is 23.6 Å². The van der Waals surface area contributed by atoms with E-state index in [2.05, 4.69) is 10.1 Å². The Hall–Kier alpha value is -3.93. The van der Waals surface area contributed by atoms with E-state index in [4.69, 9.17) is 9.47 Å². The zero-order chi connectivity index (χ0) is 21.8. The van der Waals surface area contributed by atoms with E-state index in [1.807, 2.05) is 55.5 Å². The van der Waals surface area contributed by atoms with Gasteiger partial charge in [-0.05, 0) is 42.8 Å². The van der Waals surface area contributed by atoms with Crippen molar-refractivity contribution in [3.8, 4) is 11.5 Å². The molecule has 0 saturated carbocycles. The van der Waals surface area contributed by atoms with Crippen molar-refractivity contribution in [3.05, 3.63) is 89.4 Å². The van der Waals surface area contributed by atoms with Crippen molar-refractivity contribution in [3.63, 3.8) is 0 Å². The second-order valence-corrected chi connectivity index (χ2v) is 7.19. The minimum atomic E-state index is -0.0824. The number of para-hydroxylation sites is 1. The number of aryl methyl sites for hydroxylation is 2. The minimum Gasteiger partial charge on any atom is -0.496 e. The third-order valence-corrected chi connectivity index (χ3v) is 4.99. The number of methoxy groups -OCH3 is 1. The monoisotopic (exact) mass is 413 g/mol. The van der Waals surface area contributed by atoms with E-state index in [0.29, 0.717) is 23.6 Å². The van der Waals surface area contributed by atoms with Gasteiger partial charge < -0.3 is 9.47 Å². The molecule has 0 N–H and O–H groups in total. The normalized spacial score (nSPS) is 11.2. The van der Waals surface area contributed by atoms with Gasteiger partial charge in [-0.1, -0.05) is 30.3 Å². The van der Waals surface area contributed by atoms with Gasteiger partial charge in [0.2, 0.25) is 0 Å². The number of allylic oxidation sites excluding steroid dienone is 1. The molecule has 2 aromatic heterocycles. The highest BCUT2D eigenvalue weighted by atomic mass is 16.5. The fraction of sp³-hybridized carbons (Fsp3) is 0.160. The van der Waals surface area contributed by atoms with Crippen LogP contribution < -0.4 is 9.47 Å². The lowest BCUT2D eigenvalue weighted by Gasteiger charge is -2.12. The van der Waals surface area contributed by atoms with E-state index >= 15 is 0 Å². The quantitative estimate of drug-likeness (QED) is 0.323. The van der Waals surface area contributed by atoms with E-state index in [1.54, 1.807) is 43.4 Å². The molecule has 4 rings (SSSR count). The zero-order valence-electron chi connectivity index (χ0n) is 17.7. The molecule has 0 aliphatic rings. The van der Waals surface area contributed by atoms with Gasteiger partial charge >= 0.3 is 0 Å². The van der Waals surface area contributed by atoms with E-state index in [-0.39, 0.29) is 5.78 Å². The van der Waals surface area contributed by atoms with Crippen LogP contribution in [0.15, 0.2) is 67.0 Å². The molecular weight excluding hydrogens is 390 g/mol. The number of carbonyl (C=O) groups is 1. The van der Waals surface area contributed by atoms with E-state index in [0.717, 1.165) is 27.8 Å². The Kier molecular flexibility index (Phi) is 5.80. The van der Waals surface area contributed by atoms with Crippen molar-refractivity contribution < 1.29 is 14.3 Å². The molecule has 0 amide bonds. The maximum absolute atomic E-state index is 12.5. The molecule has 0 radical (unpaired) electrons. The summed E-state index contributed by atoms with van der Waals surface area (Å²) in [6.07, 6.45) is 6.83. The molecule has 0 bridgehead atoms. The number of nitrogens with zero attached hydrogens (tertiary/aromatic N) is 3. The van der Waals surface area contributed by atoms with E-state index in [1.165, 1.54) is 0 Å². The zero-order valence-corrected chi connectivity index (χ0v) is 17.7. The van der Waals surface area contributed by atoms with Gasteiger partial charge in [-0.25, -0.2) is 0 Å². The number of fused-ring (bicyclic) bond motifs is 1. The van der Waals surface area contributed by atoms with Gasteiger partial charge in [0, 0.05) is 30.4 Å². The second kappa shape index (κ2) is 8.83.